The van der Waals surface area contributed by atoms with Crippen LogP contribution in [0.25, 0.3) is 0 Å². The predicted molar refractivity (Wildman–Crippen MR) is 54.3 cm³/mol. The zero-order valence-electron chi connectivity index (χ0n) is 8.19. The molecule has 1 aliphatic rings. The van der Waals surface area contributed by atoms with Crippen LogP contribution < -0.4 is 4.18 Å². The Bertz CT molecular complexity index is 541. The van der Waals surface area contributed by atoms with Gasteiger partial charge in [0.05, 0.1) is 10.6 Å². The summed E-state index contributed by atoms with van der Waals surface area (Å²) in [6.45, 7) is 0. The summed E-state index contributed by atoms with van der Waals surface area (Å²) in [5, 5.41) is 0. The number of aryl methyl sites for hydroxylation is 1. The lowest BCUT2D eigenvalue weighted by Crippen LogP contribution is -2.28. The molecule has 1 aromatic rings. The maximum atomic E-state index is 12.1. The predicted octanol–water partition coefficient (Wildman–Crippen LogP) is 1.96. The average molecular weight is 285 g/mol. The normalized spacial score (nSPS) is 15.7. The lowest BCUT2D eigenvalue weighted by Gasteiger charge is -2.11. The van der Waals surface area contributed by atoms with Crippen LogP contribution in [0.5, 0.6) is 5.75 Å². The van der Waals surface area contributed by atoms with Crippen LogP contribution in [0, 0.1) is 0 Å². The monoisotopic (exact) mass is 285 g/mol. The summed E-state index contributed by atoms with van der Waals surface area (Å²) in [6.07, 6.45) is 1.81. The van der Waals surface area contributed by atoms with Gasteiger partial charge in [-0.25, -0.2) is 0 Å². The zero-order chi connectivity index (χ0) is 12.7. The average Bonchev–Trinajstić information content (AvgIpc) is 2.64. The summed E-state index contributed by atoms with van der Waals surface area (Å²) in [5.74, 6) is 0.337. The van der Waals surface area contributed by atoms with E-state index in [2.05, 4.69) is 9.17 Å². The van der Waals surface area contributed by atoms with Gasteiger partial charge in [-0.2, -0.15) is 21.6 Å². The van der Waals surface area contributed by atoms with Gasteiger partial charge < -0.3 is 4.18 Å². The van der Waals surface area contributed by atoms with Crippen molar-refractivity contribution in [1.82, 2.24) is 4.98 Å². The zero-order valence-corrected chi connectivity index (χ0v) is 9.82. The molecule has 2 rings (SSSR count). The maximum Gasteiger partial charge on any atom is 0.534 e. The molecule has 94 valence electrons. The minimum Gasteiger partial charge on any atom is -0.375 e. The number of nitrogens with zero attached hydrogens (tertiary/aromatic N) is 1. The number of fused-ring (bicyclic) bond motifs is 1. The van der Waals surface area contributed by atoms with Crippen molar-refractivity contribution in [3.05, 3.63) is 18.0 Å². The van der Waals surface area contributed by atoms with Gasteiger partial charge in [0.1, 0.15) is 0 Å². The third-order valence-corrected chi connectivity index (χ3v) is 4.11. The van der Waals surface area contributed by atoms with Gasteiger partial charge in [-0.15, -0.1) is 11.8 Å². The van der Waals surface area contributed by atoms with Gasteiger partial charge >= 0.3 is 15.6 Å². The van der Waals surface area contributed by atoms with E-state index in [1.807, 2.05) is 0 Å². The van der Waals surface area contributed by atoms with Crippen LogP contribution >= 0.6 is 11.8 Å². The Balaban J connectivity index is 2.36. The highest BCUT2D eigenvalue weighted by atomic mass is 32.2. The number of rotatable bonds is 2. The molecule has 4 nitrogen and oxygen atoms in total. The van der Waals surface area contributed by atoms with E-state index in [1.165, 1.54) is 18.0 Å². The number of aromatic nitrogens is 1. The second-order valence-electron chi connectivity index (χ2n) is 3.17. The molecule has 0 radical (unpaired) electrons. The molecule has 0 N–H and O–H groups in total. The maximum absolute atomic E-state index is 12.1. The van der Waals surface area contributed by atoms with Crippen LogP contribution in [-0.4, -0.2) is 24.7 Å². The van der Waals surface area contributed by atoms with E-state index >= 15 is 0 Å². The third-order valence-electron chi connectivity index (χ3n) is 2.01. The second kappa shape index (κ2) is 4.05. The van der Waals surface area contributed by atoms with Crippen molar-refractivity contribution >= 4 is 21.9 Å². The SMILES string of the molecule is O=S(=O)(Oc1ccnc2c1SCC2)C(F)(F)F. The Hall–Kier alpha value is -0.960. The quantitative estimate of drug-likeness (QED) is 0.614. The van der Waals surface area contributed by atoms with Gasteiger partial charge in [0.25, 0.3) is 0 Å². The van der Waals surface area contributed by atoms with Crippen molar-refractivity contribution in [2.45, 2.75) is 16.8 Å². The smallest absolute Gasteiger partial charge is 0.375 e. The van der Waals surface area contributed by atoms with E-state index in [0.29, 0.717) is 22.8 Å². The molecule has 9 heteroatoms. The minimum absolute atomic E-state index is 0.310. The molecule has 0 spiro atoms. The Kier molecular flexibility index (Phi) is 2.98. The Morgan fingerprint density at radius 3 is 2.76 bits per heavy atom. The van der Waals surface area contributed by atoms with E-state index in [1.54, 1.807) is 0 Å². The molecule has 0 atom stereocenters. The molecule has 0 saturated heterocycles. The van der Waals surface area contributed by atoms with Crippen LogP contribution in [0.2, 0.25) is 0 Å². The first-order valence-corrected chi connectivity index (χ1v) is 6.82. The van der Waals surface area contributed by atoms with Gasteiger partial charge in [-0.1, -0.05) is 0 Å². The number of halogens is 3. The molecular formula is C8H6F3NO3S2. The number of pyridine rings is 1. The fraction of sp³-hybridized carbons (Fsp3) is 0.375. The van der Waals surface area contributed by atoms with Crippen molar-refractivity contribution in [2.24, 2.45) is 0 Å². The Morgan fingerprint density at radius 2 is 2.12 bits per heavy atom. The van der Waals surface area contributed by atoms with E-state index in [9.17, 15) is 21.6 Å². The molecule has 1 aromatic heterocycles. The molecule has 0 unspecified atom stereocenters. The molecule has 1 aliphatic heterocycles. The summed E-state index contributed by atoms with van der Waals surface area (Å²) in [7, 11) is -5.61. The molecule has 0 amide bonds. The lowest BCUT2D eigenvalue weighted by atomic mass is 10.3. The molecule has 0 fully saturated rings. The van der Waals surface area contributed by atoms with Crippen LogP contribution in [-0.2, 0) is 16.5 Å². The first-order chi connectivity index (χ1) is 7.81. The van der Waals surface area contributed by atoms with E-state index in [0.717, 1.165) is 6.07 Å². The number of thioether (sulfide) groups is 1. The summed E-state index contributed by atoms with van der Waals surface area (Å²) >= 11 is 1.23. The van der Waals surface area contributed by atoms with Gasteiger partial charge in [0, 0.05) is 24.4 Å². The van der Waals surface area contributed by atoms with Gasteiger partial charge in [-0.3, -0.25) is 4.98 Å². The summed E-state index contributed by atoms with van der Waals surface area (Å²) in [6, 6.07) is 1.11. The van der Waals surface area contributed by atoms with Crippen molar-refractivity contribution in [2.75, 3.05) is 5.75 Å². The fourth-order valence-corrected chi connectivity index (χ4v) is 2.88. The number of hydrogen-bond acceptors (Lipinski definition) is 5. The van der Waals surface area contributed by atoms with Crippen molar-refractivity contribution in [3.63, 3.8) is 0 Å². The van der Waals surface area contributed by atoms with E-state index < -0.39 is 15.6 Å². The fourth-order valence-electron chi connectivity index (χ4n) is 1.28. The molecule has 17 heavy (non-hydrogen) atoms. The van der Waals surface area contributed by atoms with Gasteiger partial charge in [-0.05, 0) is 0 Å². The molecule has 0 aromatic carbocycles. The van der Waals surface area contributed by atoms with Crippen LogP contribution in [0.1, 0.15) is 5.69 Å². The topological polar surface area (TPSA) is 56.3 Å². The summed E-state index contributed by atoms with van der Waals surface area (Å²) in [5.41, 5.74) is -4.86. The standard InChI is InChI=1S/C8H6F3NO3S2/c9-8(10,11)17(13,14)15-6-1-3-12-5-2-4-16-7(5)6/h1,3H,2,4H2. The van der Waals surface area contributed by atoms with E-state index in [4.69, 9.17) is 0 Å². The highest BCUT2D eigenvalue weighted by Crippen LogP contribution is 2.39. The highest BCUT2D eigenvalue weighted by Gasteiger charge is 2.49. The summed E-state index contributed by atoms with van der Waals surface area (Å²) in [4.78, 5) is 4.30. The van der Waals surface area contributed by atoms with Crippen LogP contribution in [0.4, 0.5) is 13.2 Å². The molecule has 0 bridgehead atoms. The van der Waals surface area contributed by atoms with Gasteiger partial charge in [0.15, 0.2) is 5.75 Å². The Labute approximate surface area is 99.3 Å². The van der Waals surface area contributed by atoms with E-state index in [-0.39, 0.29) is 5.75 Å². The van der Waals surface area contributed by atoms with Gasteiger partial charge in [0.2, 0.25) is 0 Å². The molecular weight excluding hydrogens is 279 g/mol. The molecule has 0 saturated carbocycles. The van der Waals surface area contributed by atoms with Crippen molar-refractivity contribution in [1.29, 1.82) is 0 Å². The third kappa shape index (κ3) is 2.34. The van der Waals surface area contributed by atoms with Crippen molar-refractivity contribution in [3.8, 4) is 5.75 Å². The molecule has 2 heterocycles. The minimum atomic E-state index is -5.61. The Morgan fingerprint density at radius 1 is 1.41 bits per heavy atom. The lowest BCUT2D eigenvalue weighted by molar-refractivity contribution is -0.0500. The molecule has 0 aliphatic carbocycles. The first kappa shape index (κ1) is 12.5. The summed E-state index contributed by atoms with van der Waals surface area (Å²) < 4.78 is 62.2. The van der Waals surface area contributed by atoms with Crippen LogP contribution in [0.15, 0.2) is 17.2 Å². The highest BCUT2D eigenvalue weighted by molar-refractivity contribution is 7.99. The first-order valence-electron chi connectivity index (χ1n) is 4.43. The van der Waals surface area contributed by atoms with Crippen LogP contribution in [0.3, 0.4) is 0 Å². The van der Waals surface area contributed by atoms with Crippen molar-refractivity contribution < 1.29 is 25.8 Å². The number of hydrogen-bond donors (Lipinski definition) is 0. The number of alkyl halides is 3. The second-order valence-corrected chi connectivity index (χ2v) is 5.81. The largest absolute Gasteiger partial charge is 0.534 e.